The van der Waals surface area contributed by atoms with Crippen LogP contribution in [0.15, 0.2) is 0 Å². The molecular formula is C21H42N2O2. The third-order valence-electron chi connectivity index (χ3n) is 5.28. The Morgan fingerprint density at radius 1 is 0.840 bits per heavy atom. The smallest absolute Gasteiger partial charge is 0.223 e. The fourth-order valence-electron chi connectivity index (χ4n) is 3.97. The van der Waals surface area contributed by atoms with Crippen molar-refractivity contribution in [3.05, 3.63) is 0 Å². The second-order valence-corrected chi connectivity index (χ2v) is 8.57. The van der Waals surface area contributed by atoms with Crippen molar-refractivity contribution in [2.75, 3.05) is 6.54 Å². The Bertz CT molecular complexity index is 403. The average Bonchev–Trinajstić information content (AvgIpc) is 3.02. The molecular weight excluding hydrogens is 312 g/mol. The van der Waals surface area contributed by atoms with E-state index in [1.807, 2.05) is 4.90 Å². The van der Waals surface area contributed by atoms with Gasteiger partial charge in [-0.1, -0.05) is 35.1 Å². The van der Waals surface area contributed by atoms with Crippen LogP contribution < -0.4 is 0 Å². The first kappa shape index (κ1) is 24.1. The number of nitrogens with zero attached hydrogens (tertiary/aromatic N) is 2. The van der Waals surface area contributed by atoms with Gasteiger partial charge >= 0.3 is 0 Å². The van der Waals surface area contributed by atoms with Crippen molar-refractivity contribution in [3.63, 3.8) is 0 Å². The number of carbonyl (C=O) groups is 2. The SMILES string of the molecule is C.CC(C)[C@@H]1CC(=O)CN1C(C)C.CC(C)[C@@H]1CCC(=O)N1C(C)C. The molecule has 0 radical (unpaired) electrons. The number of amides is 1. The molecule has 148 valence electrons. The molecule has 0 unspecified atom stereocenters. The van der Waals surface area contributed by atoms with E-state index < -0.39 is 0 Å². The summed E-state index contributed by atoms with van der Waals surface area (Å²) in [6.07, 6.45) is 2.56. The number of hydrogen-bond acceptors (Lipinski definition) is 3. The zero-order valence-electron chi connectivity index (χ0n) is 17.0. The normalized spacial score (nSPS) is 24.4. The summed E-state index contributed by atoms with van der Waals surface area (Å²) in [6.45, 7) is 18.0. The molecule has 0 aliphatic carbocycles. The summed E-state index contributed by atoms with van der Waals surface area (Å²) in [5, 5.41) is 0. The lowest BCUT2D eigenvalue weighted by Crippen LogP contribution is -2.41. The third kappa shape index (κ3) is 6.40. The van der Waals surface area contributed by atoms with E-state index in [-0.39, 0.29) is 7.43 Å². The molecule has 2 aliphatic rings. The van der Waals surface area contributed by atoms with Crippen molar-refractivity contribution in [1.29, 1.82) is 0 Å². The zero-order chi connectivity index (χ0) is 18.6. The van der Waals surface area contributed by atoms with Crippen LogP contribution in [0.5, 0.6) is 0 Å². The lowest BCUT2D eigenvalue weighted by molar-refractivity contribution is -0.131. The number of hydrogen-bond donors (Lipinski definition) is 0. The predicted molar refractivity (Wildman–Crippen MR) is 107 cm³/mol. The van der Waals surface area contributed by atoms with Crippen LogP contribution in [0.2, 0.25) is 0 Å². The van der Waals surface area contributed by atoms with E-state index in [4.69, 9.17) is 0 Å². The van der Waals surface area contributed by atoms with Gasteiger partial charge in [-0.15, -0.1) is 0 Å². The first-order valence-electron chi connectivity index (χ1n) is 9.64. The van der Waals surface area contributed by atoms with Crippen LogP contribution in [-0.2, 0) is 9.59 Å². The molecule has 2 saturated heterocycles. The second kappa shape index (κ2) is 10.3. The number of ketones is 1. The molecule has 4 nitrogen and oxygen atoms in total. The maximum absolute atomic E-state index is 11.5. The Kier molecular flexibility index (Phi) is 9.93. The molecule has 0 aromatic carbocycles. The molecule has 2 rings (SSSR count). The summed E-state index contributed by atoms with van der Waals surface area (Å²) in [5.74, 6) is 1.93. The van der Waals surface area contributed by atoms with Crippen LogP contribution in [0.1, 0.15) is 82.1 Å². The molecule has 2 fully saturated rings. The first-order valence-corrected chi connectivity index (χ1v) is 9.64. The van der Waals surface area contributed by atoms with Crippen LogP contribution in [0.4, 0.5) is 0 Å². The number of likely N-dealkylation sites (tertiary alicyclic amines) is 2. The number of carbonyl (C=O) groups excluding carboxylic acids is 2. The highest BCUT2D eigenvalue weighted by molar-refractivity contribution is 5.83. The Labute approximate surface area is 156 Å². The van der Waals surface area contributed by atoms with Gasteiger partial charge < -0.3 is 4.90 Å². The molecule has 2 atom stereocenters. The van der Waals surface area contributed by atoms with E-state index in [0.717, 1.165) is 19.3 Å². The minimum Gasteiger partial charge on any atom is -0.337 e. The molecule has 0 aromatic rings. The average molecular weight is 355 g/mol. The van der Waals surface area contributed by atoms with Crippen LogP contribution in [-0.4, -0.2) is 52.2 Å². The van der Waals surface area contributed by atoms with Gasteiger partial charge in [-0.3, -0.25) is 14.5 Å². The zero-order valence-corrected chi connectivity index (χ0v) is 17.0. The van der Waals surface area contributed by atoms with Crippen molar-refractivity contribution in [3.8, 4) is 0 Å². The minimum atomic E-state index is 0. The molecule has 2 aliphatic heterocycles. The maximum atomic E-state index is 11.5. The quantitative estimate of drug-likeness (QED) is 0.752. The lowest BCUT2D eigenvalue weighted by Gasteiger charge is -2.31. The minimum absolute atomic E-state index is 0. The van der Waals surface area contributed by atoms with Gasteiger partial charge in [-0.25, -0.2) is 0 Å². The van der Waals surface area contributed by atoms with Gasteiger partial charge in [0.05, 0.1) is 6.54 Å². The summed E-state index contributed by atoms with van der Waals surface area (Å²) in [7, 11) is 0. The van der Waals surface area contributed by atoms with Gasteiger partial charge in [0.2, 0.25) is 5.91 Å². The molecule has 1 amide bonds. The van der Waals surface area contributed by atoms with Crippen LogP contribution in [0, 0.1) is 11.8 Å². The molecule has 4 heteroatoms. The number of Topliss-reactive ketones (excluding diaryl/α,β-unsaturated/α-hetero) is 1. The van der Waals surface area contributed by atoms with Crippen molar-refractivity contribution < 1.29 is 9.59 Å². The number of rotatable bonds is 4. The highest BCUT2D eigenvalue weighted by Crippen LogP contribution is 2.26. The lowest BCUT2D eigenvalue weighted by atomic mass is 10.0. The van der Waals surface area contributed by atoms with Crippen molar-refractivity contribution in [2.24, 2.45) is 11.8 Å². The second-order valence-electron chi connectivity index (χ2n) is 8.57. The van der Waals surface area contributed by atoms with Crippen molar-refractivity contribution in [2.45, 2.75) is 106 Å². The van der Waals surface area contributed by atoms with E-state index in [9.17, 15) is 9.59 Å². The van der Waals surface area contributed by atoms with Crippen molar-refractivity contribution in [1.82, 2.24) is 9.80 Å². The fraction of sp³-hybridized carbons (Fsp3) is 0.905. The van der Waals surface area contributed by atoms with Gasteiger partial charge in [0, 0.05) is 37.0 Å². The van der Waals surface area contributed by atoms with E-state index in [2.05, 4.69) is 60.3 Å². The van der Waals surface area contributed by atoms with E-state index in [1.165, 1.54) is 0 Å². The van der Waals surface area contributed by atoms with Crippen molar-refractivity contribution >= 4 is 11.7 Å². The molecule has 0 bridgehead atoms. The van der Waals surface area contributed by atoms with Gasteiger partial charge in [0.15, 0.2) is 0 Å². The third-order valence-corrected chi connectivity index (χ3v) is 5.28. The topological polar surface area (TPSA) is 40.6 Å². The molecule has 2 heterocycles. The van der Waals surface area contributed by atoms with E-state index in [1.54, 1.807) is 0 Å². The summed E-state index contributed by atoms with van der Waals surface area (Å²) in [6, 6.07) is 1.84. The van der Waals surface area contributed by atoms with Crippen LogP contribution >= 0.6 is 0 Å². The van der Waals surface area contributed by atoms with Gasteiger partial charge in [0.25, 0.3) is 0 Å². The standard InChI is InChI=1S/2C10H19NO.CH4/c1-7(2)10-5-9(12)6-11(10)8(3)4;1-7(2)9-5-6-10(12)11(9)8(3)4;/h7-8,10H,5-6H2,1-4H3;7-9H,5-6H2,1-4H3;1H4/t10-;9-;/m00./s1. The fourth-order valence-corrected chi connectivity index (χ4v) is 3.97. The first-order chi connectivity index (χ1) is 11.1. The van der Waals surface area contributed by atoms with Gasteiger partial charge in [0.1, 0.15) is 5.78 Å². The van der Waals surface area contributed by atoms with E-state index in [0.29, 0.717) is 54.2 Å². The van der Waals surface area contributed by atoms with Gasteiger partial charge in [-0.05, 0) is 46.0 Å². The molecule has 0 saturated carbocycles. The summed E-state index contributed by atoms with van der Waals surface area (Å²) in [4.78, 5) is 27.0. The van der Waals surface area contributed by atoms with E-state index >= 15 is 0 Å². The Morgan fingerprint density at radius 2 is 1.36 bits per heavy atom. The largest absolute Gasteiger partial charge is 0.337 e. The predicted octanol–water partition coefficient (Wildman–Crippen LogP) is 4.37. The monoisotopic (exact) mass is 354 g/mol. The maximum Gasteiger partial charge on any atom is 0.223 e. The molecule has 0 N–H and O–H groups in total. The van der Waals surface area contributed by atoms with Crippen LogP contribution in [0.3, 0.4) is 0 Å². The summed E-state index contributed by atoms with van der Waals surface area (Å²) in [5.41, 5.74) is 0. The Morgan fingerprint density at radius 3 is 1.68 bits per heavy atom. The Hall–Kier alpha value is -0.900. The molecule has 0 aromatic heterocycles. The van der Waals surface area contributed by atoms with Crippen LogP contribution in [0.25, 0.3) is 0 Å². The summed E-state index contributed by atoms with van der Waals surface area (Å²) < 4.78 is 0. The molecule has 0 spiro atoms. The van der Waals surface area contributed by atoms with Gasteiger partial charge in [-0.2, -0.15) is 0 Å². The highest BCUT2D eigenvalue weighted by Gasteiger charge is 2.34. The summed E-state index contributed by atoms with van der Waals surface area (Å²) >= 11 is 0. The Balaban J connectivity index is 0.000000443. The molecule has 25 heavy (non-hydrogen) atoms. The highest BCUT2D eigenvalue weighted by atomic mass is 16.2.